The van der Waals surface area contributed by atoms with E-state index in [1.807, 2.05) is 0 Å². The van der Waals surface area contributed by atoms with Crippen molar-refractivity contribution in [3.63, 3.8) is 0 Å². The Labute approximate surface area is 141 Å². The molecule has 116 valence electrons. The van der Waals surface area contributed by atoms with Crippen LogP contribution in [0.5, 0.6) is 0 Å². The molecule has 0 saturated heterocycles. The van der Waals surface area contributed by atoms with Crippen molar-refractivity contribution in [2.75, 3.05) is 5.32 Å². The van der Waals surface area contributed by atoms with Crippen molar-refractivity contribution in [2.24, 2.45) is 0 Å². The predicted molar refractivity (Wildman–Crippen MR) is 103 cm³/mol. The maximum Gasteiger partial charge on any atom is 0.0643 e. The highest BCUT2D eigenvalue weighted by Crippen LogP contribution is 2.42. The first-order chi connectivity index (χ1) is 11.7. The molecule has 1 N–H and O–H groups in total. The zero-order valence-electron chi connectivity index (χ0n) is 13.7. The van der Waals surface area contributed by atoms with Crippen molar-refractivity contribution in [3.8, 4) is 0 Å². The van der Waals surface area contributed by atoms with Gasteiger partial charge >= 0.3 is 0 Å². The largest absolute Gasteiger partial charge is 0.375 e. The Morgan fingerprint density at radius 2 is 1.46 bits per heavy atom. The third-order valence-electron chi connectivity index (χ3n) is 5.33. The van der Waals surface area contributed by atoms with Gasteiger partial charge in [-0.25, -0.2) is 0 Å². The van der Waals surface area contributed by atoms with Gasteiger partial charge in [-0.05, 0) is 40.3 Å². The molecule has 0 aliphatic carbocycles. The van der Waals surface area contributed by atoms with Crippen molar-refractivity contribution < 1.29 is 0 Å². The smallest absolute Gasteiger partial charge is 0.0643 e. The lowest BCUT2D eigenvalue weighted by Crippen LogP contribution is -2.37. The lowest BCUT2D eigenvalue weighted by Gasteiger charge is -2.38. The number of anilines is 1. The van der Waals surface area contributed by atoms with Gasteiger partial charge in [0.25, 0.3) is 0 Å². The van der Waals surface area contributed by atoms with Crippen LogP contribution in [0, 0.1) is 0 Å². The van der Waals surface area contributed by atoms with Gasteiger partial charge in [-0.15, -0.1) is 0 Å². The van der Waals surface area contributed by atoms with Crippen LogP contribution < -0.4 is 5.32 Å². The Kier molecular flexibility index (Phi) is 2.75. The van der Waals surface area contributed by atoms with Crippen LogP contribution in [0.4, 0.5) is 5.69 Å². The van der Waals surface area contributed by atoms with E-state index in [1.165, 1.54) is 38.4 Å². The fourth-order valence-corrected chi connectivity index (χ4v) is 4.26. The SMILES string of the molecule is CC1(c2cccc3ccccc23)Cc2cccc3cccc(c23)N1. The first-order valence-electron chi connectivity index (χ1n) is 8.52. The Bertz CT molecular complexity index is 1030. The molecule has 0 bridgehead atoms. The Morgan fingerprint density at radius 1 is 0.750 bits per heavy atom. The van der Waals surface area contributed by atoms with Crippen LogP contribution in [0.1, 0.15) is 18.1 Å². The quantitative estimate of drug-likeness (QED) is 0.463. The molecule has 1 aliphatic rings. The third kappa shape index (κ3) is 1.88. The average Bonchev–Trinajstić information content (AvgIpc) is 2.61. The van der Waals surface area contributed by atoms with Gasteiger partial charge in [0.05, 0.1) is 5.54 Å². The minimum Gasteiger partial charge on any atom is -0.375 e. The van der Waals surface area contributed by atoms with E-state index >= 15 is 0 Å². The minimum absolute atomic E-state index is 0.108. The summed E-state index contributed by atoms with van der Waals surface area (Å²) >= 11 is 0. The van der Waals surface area contributed by atoms with Crippen LogP contribution in [-0.4, -0.2) is 0 Å². The van der Waals surface area contributed by atoms with Crippen LogP contribution in [0.3, 0.4) is 0 Å². The molecule has 4 aromatic carbocycles. The third-order valence-corrected chi connectivity index (χ3v) is 5.33. The van der Waals surface area contributed by atoms with Crippen LogP contribution in [0.2, 0.25) is 0 Å². The van der Waals surface area contributed by atoms with Crippen molar-refractivity contribution >= 4 is 27.2 Å². The standard InChI is InChI=1S/C23H19N/c1-23(20-13-5-8-16-7-2-3-12-19(16)20)15-18-11-4-9-17-10-6-14-21(24-23)22(17)18/h2-14,24H,15H2,1H3. The molecule has 5 rings (SSSR count). The van der Waals surface area contributed by atoms with Crippen LogP contribution in [0.25, 0.3) is 21.5 Å². The number of hydrogen-bond acceptors (Lipinski definition) is 1. The summed E-state index contributed by atoms with van der Waals surface area (Å²) in [7, 11) is 0. The molecule has 4 aromatic rings. The van der Waals surface area contributed by atoms with Crippen LogP contribution >= 0.6 is 0 Å². The molecular formula is C23H19N. The second-order valence-corrected chi connectivity index (χ2v) is 6.98. The number of rotatable bonds is 1. The molecule has 1 nitrogen and oxygen atoms in total. The van der Waals surface area contributed by atoms with Gasteiger partial charge in [-0.1, -0.05) is 72.8 Å². The highest BCUT2D eigenvalue weighted by atomic mass is 15.0. The van der Waals surface area contributed by atoms with Crippen molar-refractivity contribution in [3.05, 3.63) is 90.0 Å². The number of nitrogens with one attached hydrogen (secondary N) is 1. The summed E-state index contributed by atoms with van der Waals surface area (Å²) in [6.07, 6.45) is 0.995. The van der Waals surface area contributed by atoms with Gasteiger partial charge < -0.3 is 5.32 Å². The van der Waals surface area contributed by atoms with Gasteiger partial charge in [-0.3, -0.25) is 0 Å². The van der Waals surface area contributed by atoms with Gasteiger partial charge in [0.2, 0.25) is 0 Å². The first-order valence-corrected chi connectivity index (χ1v) is 8.52. The molecule has 0 spiro atoms. The summed E-state index contributed by atoms with van der Waals surface area (Å²) < 4.78 is 0. The van der Waals surface area contributed by atoms with Crippen LogP contribution in [-0.2, 0) is 12.0 Å². The van der Waals surface area contributed by atoms with Crippen molar-refractivity contribution in [1.82, 2.24) is 0 Å². The number of benzene rings is 4. The fraction of sp³-hybridized carbons (Fsp3) is 0.130. The molecule has 1 heteroatoms. The zero-order chi connectivity index (χ0) is 16.1. The van der Waals surface area contributed by atoms with E-state index in [2.05, 4.69) is 91.1 Å². The van der Waals surface area contributed by atoms with E-state index in [1.54, 1.807) is 0 Å². The summed E-state index contributed by atoms with van der Waals surface area (Å²) in [5.74, 6) is 0. The van der Waals surface area contributed by atoms with Crippen LogP contribution in [0.15, 0.2) is 78.9 Å². The van der Waals surface area contributed by atoms with E-state index in [0.29, 0.717) is 0 Å². The lowest BCUT2D eigenvalue weighted by molar-refractivity contribution is 0.541. The summed E-state index contributed by atoms with van der Waals surface area (Å²) in [5, 5.41) is 9.17. The molecule has 0 amide bonds. The second-order valence-electron chi connectivity index (χ2n) is 6.98. The van der Waals surface area contributed by atoms with Gasteiger partial charge in [0, 0.05) is 17.5 Å². The Morgan fingerprint density at radius 3 is 2.38 bits per heavy atom. The highest BCUT2D eigenvalue weighted by Gasteiger charge is 2.33. The average molecular weight is 309 g/mol. The van der Waals surface area contributed by atoms with E-state index in [0.717, 1.165) is 6.42 Å². The minimum atomic E-state index is -0.108. The lowest BCUT2D eigenvalue weighted by atomic mass is 9.79. The predicted octanol–water partition coefficient (Wildman–Crippen LogP) is 5.88. The number of fused-ring (bicyclic) bond motifs is 1. The van der Waals surface area contributed by atoms with Gasteiger partial charge in [0.15, 0.2) is 0 Å². The molecule has 0 radical (unpaired) electrons. The fourth-order valence-electron chi connectivity index (χ4n) is 4.26. The summed E-state index contributed by atoms with van der Waals surface area (Å²) in [6.45, 7) is 2.32. The monoisotopic (exact) mass is 309 g/mol. The van der Waals surface area contributed by atoms with E-state index < -0.39 is 0 Å². The Hall–Kier alpha value is -2.80. The molecule has 1 aliphatic heterocycles. The molecule has 1 heterocycles. The van der Waals surface area contributed by atoms with E-state index in [4.69, 9.17) is 0 Å². The zero-order valence-corrected chi connectivity index (χ0v) is 13.7. The topological polar surface area (TPSA) is 12.0 Å². The maximum absolute atomic E-state index is 3.85. The van der Waals surface area contributed by atoms with Crippen molar-refractivity contribution in [2.45, 2.75) is 18.9 Å². The molecule has 0 saturated carbocycles. The summed E-state index contributed by atoms with van der Waals surface area (Å²) in [4.78, 5) is 0. The Balaban J connectivity index is 1.75. The first kappa shape index (κ1) is 13.6. The molecule has 24 heavy (non-hydrogen) atoms. The molecular weight excluding hydrogens is 290 g/mol. The summed E-state index contributed by atoms with van der Waals surface area (Å²) in [5.41, 5.74) is 3.93. The normalized spacial score (nSPS) is 19.4. The van der Waals surface area contributed by atoms with E-state index in [9.17, 15) is 0 Å². The number of hydrogen-bond donors (Lipinski definition) is 1. The van der Waals surface area contributed by atoms with Gasteiger partial charge in [-0.2, -0.15) is 0 Å². The molecule has 1 atom stereocenters. The highest BCUT2D eigenvalue weighted by molar-refractivity contribution is 5.99. The van der Waals surface area contributed by atoms with Crippen molar-refractivity contribution in [1.29, 1.82) is 0 Å². The molecule has 0 fully saturated rings. The van der Waals surface area contributed by atoms with E-state index in [-0.39, 0.29) is 5.54 Å². The van der Waals surface area contributed by atoms with Gasteiger partial charge in [0.1, 0.15) is 0 Å². The second kappa shape index (κ2) is 4.85. The molecule has 1 unspecified atom stereocenters. The summed E-state index contributed by atoms with van der Waals surface area (Å²) in [6, 6.07) is 28.5. The molecule has 0 aromatic heterocycles. The maximum atomic E-state index is 3.85.